The molecule has 6 nitrogen and oxygen atoms in total. The van der Waals surface area contributed by atoms with Gasteiger partial charge in [-0.25, -0.2) is 4.52 Å². The molecule has 0 saturated heterocycles. The van der Waals surface area contributed by atoms with E-state index in [1.165, 1.54) is 0 Å². The van der Waals surface area contributed by atoms with Gasteiger partial charge in [0.25, 0.3) is 5.56 Å². The maximum atomic E-state index is 13.1. The lowest BCUT2D eigenvalue weighted by molar-refractivity contribution is 0.0933. The summed E-state index contributed by atoms with van der Waals surface area (Å²) in [5, 5.41) is 17.8. The minimum absolute atomic E-state index is 0.0759. The van der Waals surface area contributed by atoms with Gasteiger partial charge in [-0.1, -0.05) is 48.5 Å². The quantitative estimate of drug-likeness (QED) is 0.491. The highest BCUT2D eigenvalue weighted by molar-refractivity contribution is 5.88. The van der Waals surface area contributed by atoms with E-state index in [1.807, 2.05) is 73.7 Å². The summed E-state index contributed by atoms with van der Waals surface area (Å²) < 4.78 is 9.23. The monoisotopic (exact) mass is 399 g/mol. The van der Waals surface area contributed by atoms with Gasteiger partial charge in [0.15, 0.2) is 0 Å². The topological polar surface area (TPSA) is 68.8 Å². The molecule has 0 radical (unpaired) electrons. The van der Waals surface area contributed by atoms with Crippen LogP contribution in [0.25, 0.3) is 27.3 Å². The first-order chi connectivity index (χ1) is 14.6. The Morgan fingerprint density at radius 3 is 2.60 bits per heavy atom. The van der Waals surface area contributed by atoms with Gasteiger partial charge in [0.05, 0.1) is 23.1 Å². The average Bonchev–Trinajstić information content (AvgIpc) is 3.17. The Labute approximate surface area is 172 Å². The Morgan fingerprint density at radius 2 is 1.73 bits per heavy atom. The summed E-state index contributed by atoms with van der Waals surface area (Å²) in [7, 11) is 0. The van der Waals surface area contributed by atoms with Crippen LogP contribution in [0.4, 0.5) is 0 Å². The maximum absolute atomic E-state index is 13.1. The van der Waals surface area contributed by atoms with Gasteiger partial charge in [0.2, 0.25) is 0 Å². The van der Waals surface area contributed by atoms with Crippen LogP contribution < -0.4 is 10.3 Å². The Morgan fingerprint density at radius 1 is 1.00 bits per heavy atom. The summed E-state index contributed by atoms with van der Waals surface area (Å²) in [6.45, 7) is 2.08. The zero-order valence-electron chi connectivity index (χ0n) is 16.5. The molecule has 0 spiro atoms. The van der Waals surface area contributed by atoms with Crippen LogP contribution in [-0.4, -0.2) is 32.0 Å². The molecule has 0 amide bonds. The first-order valence-electron chi connectivity index (χ1n) is 9.88. The maximum Gasteiger partial charge on any atom is 0.261 e. The third kappa shape index (κ3) is 3.11. The smallest absolute Gasteiger partial charge is 0.261 e. The molecule has 1 atom stereocenters. The van der Waals surface area contributed by atoms with Gasteiger partial charge < -0.3 is 9.84 Å². The number of aliphatic hydroxyl groups is 1. The molecule has 6 heteroatoms. The third-order valence-corrected chi connectivity index (χ3v) is 5.27. The number of ether oxygens (including phenoxy) is 1. The molecule has 3 aromatic carbocycles. The molecule has 2 heterocycles. The normalized spacial score (nSPS) is 12.6. The van der Waals surface area contributed by atoms with E-state index in [0.29, 0.717) is 16.8 Å². The van der Waals surface area contributed by atoms with Crippen molar-refractivity contribution in [3.63, 3.8) is 0 Å². The summed E-state index contributed by atoms with van der Waals surface area (Å²) in [6, 6.07) is 23.0. The van der Waals surface area contributed by atoms with E-state index < -0.39 is 6.10 Å². The Bertz CT molecular complexity index is 1430. The number of rotatable bonds is 5. The minimum atomic E-state index is -0.859. The highest BCUT2D eigenvalue weighted by Crippen LogP contribution is 2.25. The molecule has 0 bridgehead atoms. The summed E-state index contributed by atoms with van der Waals surface area (Å²) in [5.41, 5.74) is 2.06. The highest BCUT2D eigenvalue weighted by atomic mass is 16.5. The Kier molecular flexibility index (Phi) is 4.48. The van der Waals surface area contributed by atoms with Crippen molar-refractivity contribution in [3.05, 3.63) is 88.8 Å². The molecule has 5 aromatic rings. The molecule has 1 unspecified atom stereocenters. The lowest BCUT2D eigenvalue weighted by Crippen LogP contribution is -2.31. The van der Waals surface area contributed by atoms with E-state index in [2.05, 4.69) is 5.10 Å². The van der Waals surface area contributed by atoms with Crippen LogP contribution in [0.2, 0.25) is 0 Å². The van der Waals surface area contributed by atoms with Gasteiger partial charge in [0.1, 0.15) is 24.1 Å². The molecular weight excluding hydrogens is 378 g/mol. The van der Waals surface area contributed by atoms with Gasteiger partial charge in [-0.05, 0) is 30.5 Å². The van der Waals surface area contributed by atoms with Gasteiger partial charge >= 0.3 is 0 Å². The molecule has 2 aromatic heterocycles. The van der Waals surface area contributed by atoms with Gasteiger partial charge in [-0.15, -0.1) is 0 Å². The average molecular weight is 399 g/mol. The number of aromatic nitrogens is 3. The van der Waals surface area contributed by atoms with Crippen LogP contribution in [0.1, 0.15) is 5.69 Å². The van der Waals surface area contributed by atoms with Crippen LogP contribution in [-0.2, 0) is 6.54 Å². The van der Waals surface area contributed by atoms with E-state index in [9.17, 15) is 9.90 Å². The highest BCUT2D eigenvalue weighted by Gasteiger charge is 2.16. The summed E-state index contributed by atoms with van der Waals surface area (Å²) in [4.78, 5) is 13.1. The van der Waals surface area contributed by atoms with Crippen molar-refractivity contribution in [1.82, 2.24) is 14.2 Å². The second-order valence-electron chi connectivity index (χ2n) is 7.43. The summed E-state index contributed by atoms with van der Waals surface area (Å²) >= 11 is 0. The number of para-hydroxylation sites is 1. The SMILES string of the molecule is Cc1cc2n(CC(O)COc3cccc4ccccc34)c(=O)c3ccccc3n2n1. The van der Waals surface area contributed by atoms with Crippen molar-refractivity contribution in [1.29, 1.82) is 0 Å². The molecule has 5 rings (SSSR count). The predicted molar refractivity (Wildman–Crippen MR) is 117 cm³/mol. The zero-order chi connectivity index (χ0) is 20.7. The van der Waals surface area contributed by atoms with Gasteiger partial charge in [-0.3, -0.25) is 9.36 Å². The van der Waals surface area contributed by atoms with Crippen LogP contribution in [0.15, 0.2) is 77.6 Å². The number of hydrogen-bond acceptors (Lipinski definition) is 4. The fourth-order valence-electron chi connectivity index (χ4n) is 3.89. The predicted octanol–water partition coefficient (Wildman–Crippen LogP) is 3.55. The van der Waals surface area contributed by atoms with E-state index >= 15 is 0 Å². The molecule has 1 N–H and O–H groups in total. The second kappa shape index (κ2) is 7.31. The number of fused-ring (bicyclic) bond motifs is 4. The lowest BCUT2D eigenvalue weighted by Gasteiger charge is -2.16. The largest absolute Gasteiger partial charge is 0.490 e. The summed E-state index contributed by atoms with van der Waals surface area (Å²) in [5.74, 6) is 0.711. The van der Waals surface area contributed by atoms with Crippen molar-refractivity contribution >= 4 is 27.3 Å². The van der Waals surface area contributed by atoms with E-state index in [1.54, 1.807) is 15.1 Å². The molecule has 0 aliphatic rings. The van der Waals surface area contributed by atoms with E-state index in [0.717, 1.165) is 22.0 Å². The molecule has 150 valence electrons. The lowest BCUT2D eigenvalue weighted by atomic mass is 10.1. The van der Waals surface area contributed by atoms with Crippen molar-refractivity contribution in [2.45, 2.75) is 19.6 Å². The minimum Gasteiger partial charge on any atom is -0.490 e. The number of aliphatic hydroxyl groups excluding tert-OH is 1. The first kappa shape index (κ1) is 18.4. The molecule has 0 aliphatic carbocycles. The number of benzene rings is 3. The standard InChI is InChI=1S/C24H21N3O3/c1-16-13-23-26(24(29)20-10-4-5-11-21(20)27(23)25-16)14-18(28)15-30-22-12-6-8-17-7-2-3-9-19(17)22/h2-13,18,28H,14-15H2,1H3. The Balaban J connectivity index is 1.46. The number of hydrogen-bond donors (Lipinski definition) is 1. The van der Waals surface area contributed by atoms with Crippen LogP contribution in [0, 0.1) is 6.92 Å². The van der Waals surface area contributed by atoms with Crippen LogP contribution >= 0.6 is 0 Å². The number of nitrogens with zero attached hydrogens (tertiary/aromatic N) is 3. The van der Waals surface area contributed by atoms with Crippen molar-refractivity contribution in [3.8, 4) is 5.75 Å². The molecule has 0 aliphatic heterocycles. The van der Waals surface area contributed by atoms with E-state index in [-0.39, 0.29) is 18.7 Å². The molecular formula is C24H21N3O3. The van der Waals surface area contributed by atoms with Crippen molar-refractivity contribution in [2.75, 3.05) is 6.61 Å². The summed E-state index contributed by atoms with van der Waals surface area (Å²) in [6.07, 6.45) is -0.859. The van der Waals surface area contributed by atoms with Crippen molar-refractivity contribution < 1.29 is 9.84 Å². The molecule has 0 saturated carbocycles. The van der Waals surface area contributed by atoms with Crippen molar-refractivity contribution in [2.24, 2.45) is 0 Å². The van der Waals surface area contributed by atoms with Crippen LogP contribution in [0.3, 0.4) is 0 Å². The van der Waals surface area contributed by atoms with Gasteiger partial charge in [0, 0.05) is 11.5 Å². The fraction of sp³-hybridized carbons (Fsp3) is 0.167. The number of aryl methyl sites for hydroxylation is 1. The Hall–Kier alpha value is -3.64. The second-order valence-corrected chi connectivity index (χ2v) is 7.43. The first-order valence-corrected chi connectivity index (χ1v) is 9.88. The third-order valence-electron chi connectivity index (χ3n) is 5.27. The van der Waals surface area contributed by atoms with E-state index in [4.69, 9.17) is 4.74 Å². The zero-order valence-corrected chi connectivity index (χ0v) is 16.5. The molecule has 30 heavy (non-hydrogen) atoms. The van der Waals surface area contributed by atoms with Gasteiger partial charge in [-0.2, -0.15) is 5.10 Å². The fourth-order valence-corrected chi connectivity index (χ4v) is 3.89. The molecule has 0 fully saturated rings. The van der Waals surface area contributed by atoms with Crippen LogP contribution in [0.5, 0.6) is 5.75 Å².